The van der Waals surface area contributed by atoms with Gasteiger partial charge in [-0.2, -0.15) is 0 Å². The third-order valence-electron chi connectivity index (χ3n) is 18.5. The Kier molecular flexibility index (Phi) is 13.7. The van der Waals surface area contributed by atoms with E-state index in [1.54, 1.807) is 0 Å². The minimum atomic E-state index is -1.63. The molecule has 2 aliphatic heterocycles. The van der Waals surface area contributed by atoms with Gasteiger partial charge in [0.25, 0.3) is 0 Å². The first kappa shape index (κ1) is 49.0. The Hall–Kier alpha value is -1.92. The van der Waals surface area contributed by atoms with Crippen molar-refractivity contribution >= 4 is 12.0 Å². The number of hydrogen-bond donors (Lipinski definition) is 8. The number of ether oxygens (including phenoxy) is 5. The number of amides is 2. The smallest absolute Gasteiger partial charge is 0.407 e. The van der Waals surface area contributed by atoms with Gasteiger partial charge in [-0.15, -0.1) is 0 Å². The molecule has 360 valence electrons. The van der Waals surface area contributed by atoms with E-state index in [4.69, 9.17) is 23.7 Å². The monoisotopic (exact) mass is 893 g/mol. The standard InChI is InChI=1S/C48H80N2O13/c1-25(2)27-13-18-48(41(57)49-21-22-50-42(58)63-43(4,5)6)20-19-46(9)28(33(27)48)11-12-31-44(7)16-15-32(45(8,24-51)30(44)14-17-47(31,46)10)61-40-38(35(54)29(52)23-59-40)62-39-37(56)36(55)34(53)26(3)60-39/h26-40,51-56H,1,11-24H2,2-10H3,(H,49,57)(H,50,58)/t26-,27-,28+,29-,30+,31+,32-,33+,34-,35-,36+,37+,38+,39-,40-,44-,45-,46+,47+,48-/m0/s1. The molecule has 0 unspecified atom stereocenters. The van der Waals surface area contributed by atoms with Crippen LogP contribution in [0.5, 0.6) is 0 Å². The molecule has 63 heavy (non-hydrogen) atoms. The fourth-order valence-electron chi connectivity index (χ4n) is 15.1. The van der Waals surface area contributed by atoms with Crippen LogP contribution in [0, 0.1) is 56.7 Å². The van der Waals surface area contributed by atoms with Crippen molar-refractivity contribution in [1.82, 2.24) is 10.6 Å². The maximum atomic E-state index is 14.5. The molecule has 0 aromatic rings. The number of allylic oxidation sites excluding steroid dienone is 1. The quantitative estimate of drug-likeness (QED) is 0.0886. The number of aliphatic hydroxyl groups excluding tert-OH is 6. The molecule has 0 bridgehead atoms. The summed E-state index contributed by atoms with van der Waals surface area (Å²) in [6.45, 7) is 23.4. The van der Waals surface area contributed by atoms with E-state index in [9.17, 15) is 40.2 Å². The fourth-order valence-corrected chi connectivity index (χ4v) is 15.1. The molecule has 7 aliphatic rings. The molecule has 8 N–H and O–H groups in total. The molecule has 0 spiro atoms. The van der Waals surface area contributed by atoms with Crippen LogP contribution < -0.4 is 10.6 Å². The maximum absolute atomic E-state index is 14.5. The summed E-state index contributed by atoms with van der Waals surface area (Å²) < 4.78 is 29.9. The molecule has 0 aromatic carbocycles. The van der Waals surface area contributed by atoms with Crippen molar-refractivity contribution < 1.29 is 63.9 Å². The van der Waals surface area contributed by atoms with Crippen molar-refractivity contribution in [3.05, 3.63) is 12.2 Å². The number of nitrogens with one attached hydrogen (secondary N) is 2. The minimum absolute atomic E-state index is 0.0326. The van der Waals surface area contributed by atoms with Crippen LogP contribution in [0.25, 0.3) is 0 Å². The van der Waals surface area contributed by atoms with Crippen molar-refractivity contribution in [3.63, 3.8) is 0 Å². The number of alkyl carbamates (subject to hydrolysis) is 1. The molecular formula is C48H80N2O13. The van der Waals surface area contributed by atoms with Crippen LogP contribution in [-0.2, 0) is 28.5 Å². The SMILES string of the molecule is C=C(C)[C@@H]1CC[C@]2(C(=O)NCCNC(=O)OC(C)(C)C)CC[C@]3(C)[C@H](CC[C@@H]4[C@@]5(C)CC[C@H](O[C@@H]6OC[C@H](O)[C@H](O)[C@H]6O[C@@H]6O[C@@H](C)[C@H](O)[C@@H](O)[C@H]6O)[C@@](C)(CO)[C@@H]5CC[C@]43C)[C@@H]12. The van der Waals surface area contributed by atoms with Gasteiger partial charge in [0.05, 0.1) is 30.8 Å². The number of hydrogen-bond acceptors (Lipinski definition) is 13. The van der Waals surface area contributed by atoms with E-state index in [0.717, 1.165) is 63.4 Å². The van der Waals surface area contributed by atoms with Gasteiger partial charge in [0.2, 0.25) is 5.91 Å². The van der Waals surface area contributed by atoms with Crippen LogP contribution in [0.4, 0.5) is 4.79 Å². The molecule has 15 nitrogen and oxygen atoms in total. The average Bonchev–Trinajstić information content (AvgIpc) is 3.62. The predicted octanol–water partition coefficient (Wildman–Crippen LogP) is 3.93. The van der Waals surface area contributed by atoms with Crippen molar-refractivity contribution in [2.45, 2.75) is 194 Å². The largest absolute Gasteiger partial charge is 0.444 e. The zero-order valence-electron chi connectivity index (χ0n) is 39.3. The molecule has 15 heteroatoms. The third-order valence-corrected chi connectivity index (χ3v) is 18.5. The molecular weight excluding hydrogens is 813 g/mol. The van der Waals surface area contributed by atoms with Crippen molar-refractivity contribution in [2.75, 3.05) is 26.3 Å². The van der Waals surface area contributed by atoms with Gasteiger partial charge < -0.3 is 65.0 Å². The number of fused-ring (bicyclic) bond motifs is 7. The topological polar surface area (TPSA) is 226 Å². The number of carbonyl (C=O) groups excluding carboxylic acids is 2. The second-order valence-electron chi connectivity index (χ2n) is 22.9. The molecule has 2 saturated heterocycles. The molecule has 7 fully saturated rings. The second kappa shape index (κ2) is 17.6. The molecule has 2 amide bonds. The van der Waals surface area contributed by atoms with Gasteiger partial charge in [-0.3, -0.25) is 4.79 Å². The van der Waals surface area contributed by atoms with E-state index in [1.165, 1.54) is 6.92 Å². The molecule has 20 atom stereocenters. The van der Waals surface area contributed by atoms with Crippen LogP contribution >= 0.6 is 0 Å². The number of aliphatic hydroxyl groups is 6. The maximum Gasteiger partial charge on any atom is 0.407 e. The molecule has 0 aromatic heterocycles. The van der Waals surface area contributed by atoms with Crippen LogP contribution in [0.15, 0.2) is 12.2 Å². The first-order valence-corrected chi connectivity index (χ1v) is 23.9. The summed E-state index contributed by atoms with van der Waals surface area (Å²) in [5, 5.41) is 70.7. The van der Waals surface area contributed by atoms with E-state index in [-0.39, 0.29) is 59.7 Å². The van der Waals surface area contributed by atoms with Crippen LogP contribution in [0.2, 0.25) is 0 Å². The van der Waals surface area contributed by atoms with Crippen molar-refractivity contribution in [1.29, 1.82) is 0 Å². The first-order valence-electron chi connectivity index (χ1n) is 23.9. The summed E-state index contributed by atoms with van der Waals surface area (Å²) in [5.41, 5.74) is -0.868. The predicted molar refractivity (Wildman–Crippen MR) is 231 cm³/mol. The summed E-state index contributed by atoms with van der Waals surface area (Å²) in [6.07, 6.45) is -4.28. The van der Waals surface area contributed by atoms with Crippen LogP contribution in [0.3, 0.4) is 0 Å². The Morgan fingerprint density at radius 1 is 0.778 bits per heavy atom. The first-order chi connectivity index (χ1) is 29.4. The highest BCUT2D eigenvalue weighted by Gasteiger charge is 2.72. The zero-order chi connectivity index (χ0) is 46.2. The van der Waals surface area contributed by atoms with E-state index < -0.39 is 83.9 Å². The summed E-state index contributed by atoms with van der Waals surface area (Å²) >= 11 is 0. The normalized spacial score (nSPS) is 49.7. The second-order valence-corrected chi connectivity index (χ2v) is 22.9. The Bertz CT molecular complexity index is 1690. The highest BCUT2D eigenvalue weighted by molar-refractivity contribution is 5.84. The van der Waals surface area contributed by atoms with Gasteiger partial charge in [-0.25, -0.2) is 4.79 Å². The fraction of sp³-hybridized carbons (Fsp3) is 0.917. The minimum Gasteiger partial charge on any atom is -0.444 e. The molecule has 2 heterocycles. The zero-order valence-corrected chi connectivity index (χ0v) is 39.3. The van der Waals surface area contributed by atoms with Crippen molar-refractivity contribution in [3.8, 4) is 0 Å². The molecule has 5 saturated carbocycles. The lowest BCUT2D eigenvalue weighted by Gasteiger charge is -2.73. The van der Waals surface area contributed by atoms with Gasteiger partial charge in [-0.05, 0) is 145 Å². The van der Waals surface area contributed by atoms with Gasteiger partial charge in [-0.1, -0.05) is 39.8 Å². The van der Waals surface area contributed by atoms with E-state index in [0.29, 0.717) is 24.8 Å². The Balaban J connectivity index is 1.09. The highest BCUT2D eigenvalue weighted by Crippen LogP contribution is 2.77. The van der Waals surface area contributed by atoms with Gasteiger partial charge in [0, 0.05) is 18.5 Å². The average molecular weight is 893 g/mol. The van der Waals surface area contributed by atoms with Crippen molar-refractivity contribution in [2.24, 2.45) is 56.7 Å². The van der Waals surface area contributed by atoms with Crippen LogP contribution in [-0.4, -0.2) is 136 Å². The molecule has 5 aliphatic carbocycles. The van der Waals surface area contributed by atoms with Gasteiger partial charge in [0.1, 0.15) is 42.2 Å². The Morgan fingerprint density at radius 2 is 1.48 bits per heavy atom. The van der Waals surface area contributed by atoms with E-state index >= 15 is 0 Å². The molecule has 7 rings (SSSR count). The van der Waals surface area contributed by atoms with Crippen LogP contribution in [0.1, 0.15) is 127 Å². The summed E-state index contributed by atoms with van der Waals surface area (Å²) in [6, 6.07) is 0. The Morgan fingerprint density at radius 3 is 2.14 bits per heavy atom. The Labute approximate surface area is 374 Å². The highest BCUT2D eigenvalue weighted by atomic mass is 16.8. The molecule has 0 radical (unpaired) electrons. The van der Waals surface area contributed by atoms with Gasteiger partial charge in [0.15, 0.2) is 12.6 Å². The lowest BCUT2D eigenvalue weighted by molar-refractivity contribution is -0.366. The summed E-state index contributed by atoms with van der Waals surface area (Å²) in [5.74, 6) is 1.28. The summed E-state index contributed by atoms with van der Waals surface area (Å²) in [4.78, 5) is 26.8. The summed E-state index contributed by atoms with van der Waals surface area (Å²) in [7, 11) is 0. The number of carbonyl (C=O) groups is 2. The van der Waals surface area contributed by atoms with E-state index in [2.05, 4.69) is 51.8 Å². The van der Waals surface area contributed by atoms with Gasteiger partial charge >= 0.3 is 6.09 Å². The third kappa shape index (κ3) is 8.21. The number of rotatable bonds is 10. The lowest BCUT2D eigenvalue weighted by atomic mass is 9.32. The lowest BCUT2D eigenvalue weighted by Crippen LogP contribution is -2.68. The van der Waals surface area contributed by atoms with E-state index in [1.807, 2.05) is 20.8 Å².